The molecule has 0 aromatic carbocycles. The van der Waals surface area contributed by atoms with Gasteiger partial charge in [0.2, 0.25) is 0 Å². The SMILES string of the molecule is CC1COCCN1c1nc(Cl)cs1. The van der Waals surface area contributed by atoms with Crippen molar-refractivity contribution in [3.8, 4) is 0 Å². The molecular formula is C8H11ClN2OS. The minimum Gasteiger partial charge on any atom is -0.377 e. The first-order chi connectivity index (χ1) is 6.27. The molecule has 0 spiro atoms. The van der Waals surface area contributed by atoms with Crippen LogP contribution in [0.5, 0.6) is 0 Å². The fraction of sp³-hybridized carbons (Fsp3) is 0.625. The number of thiazole rings is 1. The van der Waals surface area contributed by atoms with Gasteiger partial charge in [-0.15, -0.1) is 11.3 Å². The standard InChI is InChI=1S/C8H11ClN2OS/c1-6-4-12-3-2-11(6)8-10-7(9)5-13-8/h5-6H,2-4H2,1H3. The molecule has 0 N–H and O–H groups in total. The Labute approximate surface area is 86.3 Å². The Morgan fingerprint density at radius 1 is 1.77 bits per heavy atom. The molecule has 1 fully saturated rings. The molecule has 1 aromatic heterocycles. The topological polar surface area (TPSA) is 25.4 Å². The Kier molecular flexibility index (Phi) is 2.71. The molecular weight excluding hydrogens is 208 g/mol. The second-order valence-corrected chi connectivity index (χ2v) is 4.29. The minimum atomic E-state index is 0.399. The third-order valence-corrected chi connectivity index (χ3v) is 3.28. The van der Waals surface area contributed by atoms with Crippen molar-refractivity contribution in [1.29, 1.82) is 0 Å². The van der Waals surface area contributed by atoms with Crippen LogP contribution < -0.4 is 4.90 Å². The number of hydrogen-bond acceptors (Lipinski definition) is 4. The van der Waals surface area contributed by atoms with E-state index in [-0.39, 0.29) is 0 Å². The monoisotopic (exact) mass is 218 g/mol. The summed E-state index contributed by atoms with van der Waals surface area (Å²) in [7, 11) is 0. The van der Waals surface area contributed by atoms with Crippen LogP contribution in [0.4, 0.5) is 5.13 Å². The molecule has 1 aromatic rings. The predicted octanol–water partition coefficient (Wildman–Crippen LogP) is 2.02. The molecule has 0 saturated carbocycles. The average Bonchev–Trinajstić information content (AvgIpc) is 2.53. The van der Waals surface area contributed by atoms with Gasteiger partial charge in [-0.3, -0.25) is 0 Å². The van der Waals surface area contributed by atoms with Crippen LogP contribution in [0.25, 0.3) is 0 Å². The summed E-state index contributed by atoms with van der Waals surface area (Å²) in [6.07, 6.45) is 0. The zero-order valence-corrected chi connectivity index (χ0v) is 8.94. The summed E-state index contributed by atoms with van der Waals surface area (Å²) >= 11 is 7.36. The molecule has 5 heteroatoms. The quantitative estimate of drug-likeness (QED) is 0.721. The molecule has 1 saturated heterocycles. The molecule has 1 atom stereocenters. The highest BCUT2D eigenvalue weighted by molar-refractivity contribution is 7.14. The lowest BCUT2D eigenvalue weighted by molar-refractivity contribution is 0.0989. The van der Waals surface area contributed by atoms with Crippen molar-refractivity contribution in [2.24, 2.45) is 0 Å². The summed E-state index contributed by atoms with van der Waals surface area (Å²) in [6.45, 7) is 4.60. The zero-order valence-electron chi connectivity index (χ0n) is 7.36. The number of anilines is 1. The molecule has 0 amide bonds. The smallest absolute Gasteiger partial charge is 0.187 e. The highest BCUT2D eigenvalue weighted by atomic mass is 35.5. The Morgan fingerprint density at radius 2 is 2.62 bits per heavy atom. The van der Waals surface area contributed by atoms with E-state index in [1.165, 1.54) is 0 Å². The zero-order chi connectivity index (χ0) is 9.26. The van der Waals surface area contributed by atoms with Crippen molar-refractivity contribution in [2.45, 2.75) is 13.0 Å². The van der Waals surface area contributed by atoms with Crippen LogP contribution in [0.3, 0.4) is 0 Å². The van der Waals surface area contributed by atoms with Gasteiger partial charge in [0.1, 0.15) is 5.15 Å². The molecule has 0 bridgehead atoms. The molecule has 2 rings (SSSR count). The van der Waals surface area contributed by atoms with E-state index in [0.717, 1.165) is 24.9 Å². The van der Waals surface area contributed by atoms with Crippen LogP contribution in [-0.4, -0.2) is 30.8 Å². The predicted molar refractivity (Wildman–Crippen MR) is 54.8 cm³/mol. The number of aromatic nitrogens is 1. The summed E-state index contributed by atoms with van der Waals surface area (Å²) in [4.78, 5) is 6.48. The second-order valence-electron chi connectivity index (χ2n) is 3.07. The maximum absolute atomic E-state index is 5.77. The number of nitrogens with zero attached hydrogens (tertiary/aromatic N) is 2. The molecule has 72 valence electrons. The van der Waals surface area contributed by atoms with Crippen LogP contribution in [-0.2, 0) is 4.74 Å². The molecule has 2 heterocycles. The van der Waals surface area contributed by atoms with Gasteiger partial charge in [0, 0.05) is 11.9 Å². The lowest BCUT2D eigenvalue weighted by Gasteiger charge is -2.32. The van der Waals surface area contributed by atoms with Gasteiger partial charge in [-0.1, -0.05) is 11.6 Å². The summed E-state index contributed by atoms with van der Waals surface area (Å²) in [6, 6.07) is 0.399. The third kappa shape index (κ3) is 1.95. The van der Waals surface area contributed by atoms with Gasteiger partial charge in [-0.05, 0) is 6.92 Å². The maximum atomic E-state index is 5.77. The molecule has 1 aliphatic rings. The van der Waals surface area contributed by atoms with Gasteiger partial charge in [0.15, 0.2) is 5.13 Å². The van der Waals surface area contributed by atoms with Crippen LogP contribution in [0.15, 0.2) is 5.38 Å². The van der Waals surface area contributed by atoms with Crippen molar-refractivity contribution < 1.29 is 4.74 Å². The second kappa shape index (κ2) is 3.82. The Bertz CT molecular complexity index is 291. The van der Waals surface area contributed by atoms with E-state index in [1.54, 1.807) is 11.3 Å². The van der Waals surface area contributed by atoms with Crippen LogP contribution in [0.1, 0.15) is 6.92 Å². The first kappa shape index (κ1) is 9.24. The van der Waals surface area contributed by atoms with Crippen molar-refractivity contribution in [1.82, 2.24) is 4.98 Å². The van der Waals surface area contributed by atoms with Gasteiger partial charge in [0.05, 0.1) is 19.3 Å². The Morgan fingerprint density at radius 3 is 3.23 bits per heavy atom. The van der Waals surface area contributed by atoms with E-state index in [2.05, 4.69) is 16.8 Å². The van der Waals surface area contributed by atoms with E-state index < -0.39 is 0 Å². The van der Waals surface area contributed by atoms with Crippen LogP contribution >= 0.6 is 22.9 Å². The molecule has 1 aliphatic heterocycles. The highest BCUT2D eigenvalue weighted by Crippen LogP contribution is 2.25. The van der Waals surface area contributed by atoms with Crippen LogP contribution in [0, 0.1) is 0 Å². The van der Waals surface area contributed by atoms with Gasteiger partial charge < -0.3 is 9.64 Å². The van der Waals surface area contributed by atoms with Crippen molar-refractivity contribution in [3.63, 3.8) is 0 Å². The number of morpholine rings is 1. The van der Waals surface area contributed by atoms with Gasteiger partial charge in [0.25, 0.3) is 0 Å². The lowest BCUT2D eigenvalue weighted by atomic mass is 10.3. The summed E-state index contributed by atoms with van der Waals surface area (Å²) < 4.78 is 5.34. The number of rotatable bonds is 1. The summed E-state index contributed by atoms with van der Waals surface area (Å²) in [5.74, 6) is 0. The van der Waals surface area contributed by atoms with Crippen molar-refractivity contribution >= 4 is 28.1 Å². The normalized spacial score (nSPS) is 23.5. The van der Waals surface area contributed by atoms with Crippen molar-refractivity contribution in [3.05, 3.63) is 10.5 Å². The van der Waals surface area contributed by atoms with Crippen LogP contribution in [0.2, 0.25) is 5.15 Å². The first-order valence-electron chi connectivity index (χ1n) is 4.23. The van der Waals surface area contributed by atoms with Crippen molar-refractivity contribution in [2.75, 3.05) is 24.7 Å². The van der Waals surface area contributed by atoms with E-state index in [0.29, 0.717) is 11.2 Å². The highest BCUT2D eigenvalue weighted by Gasteiger charge is 2.21. The summed E-state index contributed by atoms with van der Waals surface area (Å²) in [5, 5.41) is 3.44. The number of ether oxygens (including phenoxy) is 1. The fourth-order valence-electron chi connectivity index (χ4n) is 1.39. The summed E-state index contributed by atoms with van der Waals surface area (Å²) in [5.41, 5.74) is 0. The van der Waals surface area contributed by atoms with Gasteiger partial charge in [-0.2, -0.15) is 0 Å². The largest absolute Gasteiger partial charge is 0.377 e. The van der Waals surface area contributed by atoms with Gasteiger partial charge >= 0.3 is 0 Å². The van der Waals surface area contributed by atoms with E-state index in [4.69, 9.17) is 16.3 Å². The fourth-order valence-corrected chi connectivity index (χ4v) is 2.47. The molecule has 0 aliphatic carbocycles. The Balaban J connectivity index is 2.14. The molecule has 3 nitrogen and oxygen atoms in total. The van der Waals surface area contributed by atoms with E-state index in [9.17, 15) is 0 Å². The Hall–Kier alpha value is -0.320. The van der Waals surface area contributed by atoms with E-state index >= 15 is 0 Å². The van der Waals surface area contributed by atoms with Gasteiger partial charge in [-0.25, -0.2) is 4.98 Å². The molecule has 0 radical (unpaired) electrons. The number of hydrogen-bond donors (Lipinski definition) is 0. The van der Waals surface area contributed by atoms with E-state index in [1.807, 2.05) is 5.38 Å². The first-order valence-corrected chi connectivity index (χ1v) is 5.48. The molecule has 1 unspecified atom stereocenters. The average molecular weight is 219 g/mol. The maximum Gasteiger partial charge on any atom is 0.187 e. The number of halogens is 1. The molecule has 13 heavy (non-hydrogen) atoms. The third-order valence-electron chi connectivity index (χ3n) is 2.08. The minimum absolute atomic E-state index is 0.399. The lowest BCUT2D eigenvalue weighted by Crippen LogP contribution is -2.43.